The molecular formula is C19H30N4O2. The Labute approximate surface area is 150 Å². The molecule has 2 rings (SSSR count). The van der Waals surface area contributed by atoms with E-state index in [0.717, 1.165) is 31.2 Å². The smallest absolute Gasteiger partial charge is 0.411 e. The highest BCUT2D eigenvalue weighted by Crippen LogP contribution is 2.21. The fourth-order valence-corrected chi connectivity index (χ4v) is 3.29. The maximum atomic E-state index is 11.2. The third-order valence-electron chi connectivity index (χ3n) is 4.30. The molecule has 1 aliphatic heterocycles. The van der Waals surface area contributed by atoms with Crippen molar-refractivity contribution in [3.63, 3.8) is 0 Å². The van der Waals surface area contributed by atoms with E-state index in [4.69, 9.17) is 4.99 Å². The van der Waals surface area contributed by atoms with Crippen molar-refractivity contribution in [2.75, 3.05) is 32.1 Å². The summed E-state index contributed by atoms with van der Waals surface area (Å²) in [6.07, 6.45) is 0.818. The van der Waals surface area contributed by atoms with E-state index < -0.39 is 6.09 Å². The average Bonchev–Trinajstić information content (AvgIpc) is 2.59. The van der Waals surface area contributed by atoms with E-state index in [1.807, 2.05) is 24.3 Å². The topological polar surface area (TPSA) is 66.0 Å². The molecule has 6 heteroatoms. The first-order valence-electron chi connectivity index (χ1n) is 8.99. The first-order chi connectivity index (χ1) is 12.0. The maximum absolute atomic E-state index is 11.2. The molecule has 1 aromatic rings. The van der Waals surface area contributed by atoms with Gasteiger partial charge in [0.05, 0.1) is 13.7 Å². The molecular weight excluding hydrogens is 316 g/mol. The van der Waals surface area contributed by atoms with Crippen molar-refractivity contribution in [2.45, 2.75) is 33.7 Å². The lowest BCUT2D eigenvalue weighted by molar-refractivity contribution is 0.187. The molecule has 2 atom stereocenters. The molecule has 0 aliphatic carbocycles. The number of ether oxygens (including phenoxy) is 1. The van der Waals surface area contributed by atoms with Gasteiger partial charge in [0.15, 0.2) is 5.96 Å². The number of amides is 1. The second-order valence-corrected chi connectivity index (χ2v) is 6.83. The number of methoxy groups -OCH3 is 1. The van der Waals surface area contributed by atoms with E-state index in [2.05, 4.69) is 41.0 Å². The van der Waals surface area contributed by atoms with Gasteiger partial charge in [-0.05, 0) is 42.9 Å². The van der Waals surface area contributed by atoms with E-state index in [-0.39, 0.29) is 0 Å². The standard InChI is InChI=1S/C19H30N4O2/c1-5-20-18(23-12-14(2)10-15(3)13-23)21-11-16-6-8-17(9-7-16)22-19(24)25-4/h6-9,14-15H,5,10-13H2,1-4H3,(H,20,21)(H,22,24). The molecule has 2 unspecified atom stereocenters. The summed E-state index contributed by atoms with van der Waals surface area (Å²) in [6, 6.07) is 7.67. The monoisotopic (exact) mass is 346 g/mol. The van der Waals surface area contributed by atoms with Crippen LogP contribution in [-0.2, 0) is 11.3 Å². The quantitative estimate of drug-likeness (QED) is 0.648. The number of piperidine rings is 1. The van der Waals surface area contributed by atoms with E-state index in [1.54, 1.807) is 0 Å². The summed E-state index contributed by atoms with van der Waals surface area (Å²) in [5, 5.41) is 6.06. The van der Waals surface area contributed by atoms with Crippen molar-refractivity contribution < 1.29 is 9.53 Å². The number of anilines is 1. The van der Waals surface area contributed by atoms with Crippen molar-refractivity contribution in [3.05, 3.63) is 29.8 Å². The Balaban J connectivity index is 2.01. The Hall–Kier alpha value is -2.24. The van der Waals surface area contributed by atoms with Crippen LogP contribution in [0.4, 0.5) is 10.5 Å². The first-order valence-corrected chi connectivity index (χ1v) is 8.99. The van der Waals surface area contributed by atoms with Gasteiger partial charge < -0.3 is 15.0 Å². The van der Waals surface area contributed by atoms with Gasteiger partial charge >= 0.3 is 6.09 Å². The molecule has 25 heavy (non-hydrogen) atoms. The van der Waals surface area contributed by atoms with Gasteiger partial charge in [-0.25, -0.2) is 9.79 Å². The lowest BCUT2D eigenvalue weighted by atomic mass is 9.92. The van der Waals surface area contributed by atoms with Gasteiger partial charge in [-0.3, -0.25) is 5.32 Å². The molecule has 0 saturated carbocycles. The molecule has 1 heterocycles. The molecule has 1 fully saturated rings. The van der Waals surface area contributed by atoms with Crippen LogP contribution in [0.15, 0.2) is 29.3 Å². The number of rotatable bonds is 4. The SMILES string of the molecule is CCNC(=NCc1ccc(NC(=O)OC)cc1)N1CC(C)CC(C)C1. The van der Waals surface area contributed by atoms with Crippen molar-refractivity contribution in [1.29, 1.82) is 0 Å². The van der Waals surface area contributed by atoms with Gasteiger partial charge in [0.2, 0.25) is 0 Å². The van der Waals surface area contributed by atoms with Gasteiger partial charge in [-0.1, -0.05) is 26.0 Å². The average molecular weight is 346 g/mol. The summed E-state index contributed by atoms with van der Waals surface area (Å²) in [7, 11) is 1.35. The summed E-state index contributed by atoms with van der Waals surface area (Å²) in [4.78, 5) is 18.4. The Morgan fingerprint density at radius 1 is 1.24 bits per heavy atom. The second kappa shape index (κ2) is 9.30. The zero-order valence-electron chi connectivity index (χ0n) is 15.7. The minimum Gasteiger partial charge on any atom is -0.453 e. The summed E-state index contributed by atoms with van der Waals surface area (Å²) >= 11 is 0. The van der Waals surface area contributed by atoms with E-state index in [9.17, 15) is 4.79 Å². The molecule has 138 valence electrons. The Bertz CT molecular complexity index is 576. The van der Waals surface area contributed by atoms with Gasteiger partial charge in [0.25, 0.3) is 0 Å². The number of nitrogens with zero attached hydrogens (tertiary/aromatic N) is 2. The number of carbonyl (C=O) groups excluding carboxylic acids is 1. The molecule has 1 amide bonds. The molecule has 0 bridgehead atoms. The van der Waals surface area contributed by atoms with Crippen LogP contribution in [0.3, 0.4) is 0 Å². The van der Waals surface area contributed by atoms with Crippen molar-refractivity contribution in [1.82, 2.24) is 10.2 Å². The van der Waals surface area contributed by atoms with Crippen LogP contribution in [0.1, 0.15) is 32.8 Å². The molecule has 2 N–H and O–H groups in total. The summed E-state index contributed by atoms with van der Waals surface area (Å²) in [5.74, 6) is 2.37. The largest absolute Gasteiger partial charge is 0.453 e. The third-order valence-corrected chi connectivity index (χ3v) is 4.30. The third kappa shape index (κ3) is 5.96. The number of benzene rings is 1. The molecule has 0 spiro atoms. The predicted octanol–water partition coefficient (Wildman–Crippen LogP) is 3.31. The Kier molecular flexibility index (Phi) is 7.10. The Morgan fingerprint density at radius 2 is 1.88 bits per heavy atom. The summed E-state index contributed by atoms with van der Waals surface area (Å²) in [6.45, 7) is 10.3. The van der Waals surface area contributed by atoms with Gasteiger partial charge in [-0.15, -0.1) is 0 Å². The highest BCUT2D eigenvalue weighted by atomic mass is 16.5. The molecule has 1 aliphatic rings. The number of likely N-dealkylation sites (tertiary alicyclic amines) is 1. The minimum absolute atomic E-state index is 0.464. The molecule has 0 aromatic heterocycles. The highest BCUT2D eigenvalue weighted by Gasteiger charge is 2.23. The summed E-state index contributed by atoms with van der Waals surface area (Å²) < 4.78 is 4.59. The van der Waals surface area contributed by atoms with Crippen LogP contribution in [0, 0.1) is 11.8 Å². The number of guanidine groups is 1. The van der Waals surface area contributed by atoms with Crippen LogP contribution in [-0.4, -0.2) is 43.7 Å². The number of nitrogens with one attached hydrogen (secondary N) is 2. The normalized spacial score (nSPS) is 21.0. The number of hydrogen-bond acceptors (Lipinski definition) is 3. The number of carbonyl (C=O) groups is 1. The summed E-state index contributed by atoms with van der Waals surface area (Å²) in [5.41, 5.74) is 1.81. The first kappa shape index (κ1) is 19.1. The van der Waals surface area contributed by atoms with Crippen LogP contribution in [0.5, 0.6) is 0 Å². The number of hydrogen-bond donors (Lipinski definition) is 2. The lowest BCUT2D eigenvalue weighted by Gasteiger charge is -2.37. The molecule has 6 nitrogen and oxygen atoms in total. The van der Waals surface area contributed by atoms with Crippen LogP contribution in [0.25, 0.3) is 0 Å². The highest BCUT2D eigenvalue weighted by molar-refractivity contribution is 5.84. The Morgan fingerprint density at radius 3 is 2.44 bits per heavy atom. The zero-order valence-corrected chi connectivity index (χ0v) is 15.7. The fraction of sp³-hybridized carbons (Fsp3) is 0.579. The van der Waals surface area contributed by atoms with Crippen LogP contribution in [0.2, 0.25) is 0 Å². The van der Waals surface area contributed by atoms with Gasteiger partial charge in [-0.2, -0.15) is 0 Å². The van der Waals surface area contributed by atoms with E-state index in [1.165, 1.54) is 13.5 Å². The van der Waals surface area contributed by atoms with Crippen LogP contribution >= 0.6 is 0 Å². The van der Waals surface area contributed by atoms with Gasteiger partial charge in [0.1, 0.15) is 0 Å². The molecule has 1 saturated heterocycles. The lowest BCUT2D eigenvalue weighted by Crippen LogP contribution is -2.48. The van der Waals surface area contributed by atoms with Crippen molar-refractivity contribution in [3.8, 4) is 0 Å². The maximum Gasteiger partial charge on any atom is 0.411 e. The number of aliphatic imine (C=N–C) groups is 1. The zero-order chi connectivity index (χ0) is 18.2. The molecule has 0 radical (unpaired) electrons. The van der Waals surface area contributed by atoms with E-state index in [0.29, 0.717) is 24.1 Å². The van der Waals surface area contributed by atoms with Crippen molar-refractivity contribution >= 4 is 17.7 Å². The minimum atomic E-state index is -0.464. The van der Waals surface area contributed by atoms with E-state index >= 15 is 0 Å². The predicted molar refractivity (Wildman–Crippen MR) is 102 cm³/mol. The molecule has 1 aromatic carbocycles. The fourth-order valence-electron chi connectivity index (χ4n) is 3.29. The van der Waals surface area contributed by atoms with Crippen LogP contribution < -0.4 is 10.6 Å². The second-order valence-electron chi connectivity index (χ2n) is 6.83. The van der Waals surface area contributed by atoms with Crippen molar-refractivity contribution in [2.24, 2.45) is 16.8 Å². The van der Waals surface area contributed by atoms with Gasteiger partial charge in [0, 0.05) is 25.3 Å².